The van der Waals surface area contributed by atoms with Gasteiger partial charge in [-0.05, 0) is 117 Å². The van der Waals surface area contributed by atoms with Crippen molar-refractivity contribution in [3.05, 3.63) is 228 Å². The third kappa shape index (κ3) is 5.46. The van der Waals surface area contributed by atoms with Crippen LogP contribution in [0.5, 0.6) is 0 Å². The summed E-state index contributed by atoms with van der Waals surface area (Å²) in [5, 5.41) is 6.19. The van der Waals surface area contributed by atoms with Crippen LogP contribution in [0.2, 0.25) is 0 Å². The molecule has 1 aliphatic carbocycles. The number of rotatable bonds is 6. The maximum atomic E-state index is 4.47. The van der Waals surface area contributed by atoms with Gasteiger partial charge in [0.25, 0.3) is 0 Å². The third-order valence-corrected chi connectivity index (χ3v) is 12.9. The van der Waals surface area contributed by atoms with Crippen LogP contribution in [0.3, 0.4) is 0 Å². The van der Waals surface area contributed by atoms with Gasteiger partial charge in [-0.1, -0.05) is 121 Å². The maximum Gasteiger partial charge on any atom is 0.0788 e. The number of allylic oxidation sites excluding steroid dienone is 5. The molecule has 10 aromatic rings. The number of fused-ring (bicyclic) bond motifs is 8. The molecular weight excluding hydrogens is 753 g/mol. The van der Waals surface area contributed by atoms with Crippen LogP contribution >= 0.6 is 0 Å². The van der Waals surface area contributed by atoms with E-state index in [0.717, 1.165) is 41.1 Å². The van der Waals surface area contributed by atoms with Gasteiger partial charge in [0.15, 0.2) is 0 Å². The summed E-state index contributed by atoms with van der Waals surface area (Å²) in [6, 6.07) is 57.9. The standard InChI is InChI=1S/C58H44N4/c1-4-52-51(37-45-35-40-17-8-5-13-25-53(40)59(45)41-18-9-6-10-19-41)46-24-14-15-26-54(46)60(52)43-22-16-23-44(36-43)62-56-32-28-39(3)34-50(56)48-30-29-47-49-33-38(2)27-31-55(49)61(57(47)58(48)62)42-20-11-7-12-21-42/h4-16,18-34,36-37H,1,17,35H2,2-3H3/b45-37+. The van der Waals surface area contributed by atoms with Crippen LogP contribution < -0.4 is 4.90 Å². The summed E-state index contributed by atoms with van der Waals surface area (Å²) >= 11 is 0. The fourth-order valence-electron chi connectivity index (χ4n) is 10.3. The second kappa shape index (κ2) is 14.1. The Kier molecular flexibility index (Phi) is 8.23. The number of benzene rings is 7. The van der Waals surface area contributed by atoms with Crippen LogP contribution in [0.25, 0.3) is 83.7 Å². The van der Waals surface area contributed by atoms with E-state index in [9.17, 15) is 0 Å². The first-order chi connectivity index (χ1) is 30.6. The van der Waals surface area contributed by atoms with Gasteiger partial charge in [0.1, 0.15) is 0 Å². The second-order valence-electron chi connectivity index (χ2n) is 16.7. The average Bonchev–Trinajstić information content (AvgIpc) is 3.97. The predicted molar refractivity (Wildman–Crippen MR) is 263 cm³/mol. The van der Waals surface area contributed by atoms with Crippen molar-refractivity contribution in [3.8, 4) is 17.1 Å². The van der Waals surface area contributed by atoms with Gasteiger partial charge in [-0.25, -0.2) is 0 Å². The third-order valence-electron chi connectivity index (χ3n) is 12.9. The Morgan fingerprint density at radius 1 is 0.500 bits per heavy atom. The zero-order chi connectivity index (χ0) is 41.5. The zero-order valence-corrected chi connectivity index (χ0v) is 34.9. The lowest BCUT2D eigenvalue weighted by Crippen LogP contribution is -2.15. The molecule has 0 spiro atoms. The second-order valence-corrected chi connectivity index (χ2v) is 16.7. The molecule has 296 valence electrons. The van der Waals surface area contributed by atoms with Crippen LogP contribution in [0, 0.1) is 13.8 Å². The van der Waals surface area contributed by atoms with E-state index in [0.29, 0.717) is 0 Å². The highest BCUT2D eigenvalue weighted by molar-refractivity contribution is 6.24. The van der Waals surface area contributed by atoms with Gasteiger partial charge < -0.3 is 18.6 Å². The van der Waals surface area contributed by atoms with E-state index in [1.807, 2.05) is 6.08 Å². The summed E-state index contributed by atoms with van der Waals surface area (Å²) in [6.45, 7) is 8.85. The molecule has 0 fully saturated rings. The lowest BCUT2D eigenvalue weighted by molar-refractivity contribution is 1.08. The van der Waals surface area contributed by atoms with Crippen molar-refractivity contribution in [2.45, 2.75) is 26.7 Å². The number of aryl methyl sites for hydroxylation is 2. The summed E-state index contributed by atoms with van der Waals surface area (Å²) in [6.07, 6.45) is 15.1. The number of anilines is 1. The summed E-state index contributed by atoms with van der Waals surface area (Å²) < 4.78 is 7.37. The monoisotopic (exact) mass is 796 g/mol. The number of hydrogen-bond acceptors (Lipinski definition) is 1. The topological polar surface area (TPSA) is 18.0 Å². The molecule has 7 aromatic carbocycles. The molecule has 4 heteroatoms. The number of aromatic nitrogens is 3. The van der Waals surface area contributed by atoms with Gasteiger partial charge in [-0.2, -0.15) is 0 Å². The first-order valence-corrected chi connectivity index (χ1v) is 21.6. The number of para-hydroxylation sites is 3. The normalized spacial score (nSPS) is 14.7. The van der Waals surface area contributed by atoms with E-state index >= 15 is 0 Å². The minimum atomic E-state index is 0.880. The van der Waals surface area contributed by atoms with Crippen LogP contribution in [0.4, 0.5) is 5.69 Å². The minimum Gasteiger partial charge on any atom is -0.314 e. The summed E-state index contributed by atoms with van der Waals surface area (Å²) in [5.74, 6) is 0. The highest BCUT2D eigenvalue weighted by Gasteiger charge is 2.28. The van der Waals surface area contributed by atoms with Crippen LogP contribution in [-0.4, -0.2) is 13.7 Å². The van der Waals surface area contributed by atoms with Gasteiger partial charge in [-0.3, -0.25) is 0 Å². The van der Waals surface area contributed by atoms with Crippen molar-refractivity contribution < 1.29 is 0 Å². The van der Waals surface area contributed by atoms with Crippen molar-refractivity contribution in [2.24, 2.45) is 0 Å². The predicted octanol–water partition coefficient (Wildman–Crippen LogP) is 15.1. The maximum absolute atomic E-state index is 4.47. The number of hydrogen-bond donors (Lipinski definition) is 0. The van der Waals surface area contributed by atoms with Gasteiger partial charge in [-0.15, -0.1) is 0 Å². The van der Waals surface area contributed by atoms with E-state index in [2.05, 4.69) is 227 Å². The van der Waals surface area contributed by atoms with Gasteiger partial charge in [0.05, 0.1) is 33.3 Å². The molecule has 0 unspecified atom stereocenters. The van der Waals surface area contributed by atoms with Crippen LogP contribution in [0.15, 0.2) is 206 Å². The lowest BCUT2D eigenvalue weighted by Gasteiger charge is -2.23. The Morgan fingerprint density at radius 2 is 1.08 bits per heavy atom. The highest BCUT2D eigenvalue weighted by atomic mass is 15.2. The molecule has 0 radical (unpaired) electrons. The molecule has 0 bridgehead atoms. The Hall–Kier alpha value is -7.82. The minimum absolute atomic E-state index is 0.880. The van der Waals surface area contributed by atoms with Crippen molar-refractivity contribution in [3.63, 3.8) is 0 Å². The van der Waals surface area contributed by atoms with E-state index in [-0.39, 0.29) is 0 Å². The molecule has 2 aliphatic rings. The molecule has 4 nitrogen and oxygen atoms in total. The molecule has 0 atom stereocenters. The van der Waals surface area contributed by atoms with Gasteiger partial charge in [0, 0.05) is 73.1 Å². The van der Waals surface area contributed by atoms with Gasteiger partial charge in [0.2, 0.25) is 0 Å². The molecule has 4 heterocycles. The fourth-order valence-corrected chi connectivity index (χ4v) is 10.3. The molecule has 3 aromatic heterocycles. The summed E-state index contributed by atoms with van der Waals surface area (Å²) in [5.41, 5.74) is 19.1. The Labute approximate surface area is 361 Å². The Balaban J connectivity index is 1.11. The van der Waals surface area contributed by atoms with E-state index in [4.69, 9.17) is 0 Å². The van der Waals surface area contributed by atoms with Crippen LogP contribution in [-0.2, 0) is 0 Å². The SMILES string of the molecule is C=Cc1c(/C=C2\CC3=C(C=CC=CC3)N2c2ccccc2)c2ccccc2n1-c1cccc(-n2c3ccc(C)cc3c3ccc4c5cc(C)ccc5n(-c5ccccc5)c4c32)c1. The van der Waals surface area contributed by atoms with Crippen molar-refractivity contribution >= 4 is 72.4 Å². The van der Waals surface area contributed by atoms with Crippen molar-refractivity contribution in [2.75, 3.05) is 4.90 Å². The molecule has 0 saturated carbocycles. The van der Waals surface area contributed by atoms with Crippen LogP contribution in [0.1, 0.15) is 35.2 Å². The Bertz CT molecular complexity index is 3600. The largest absolute Gasteiger partial charge is 0.314 e. The average molecular weight is 797 g/mol. The fraction of sp³-hybridized carbons (Fsp3) is 0.0690. The molecular formula is C58H44N4. The molecule has 0 N–H and O–H groups in total. The Morgan fingerprint density at radius 3 is 1.76 bits per heavy atom. The molecule has 1 aliphatic heterocycles. The summed E-state index contributed by atoms with van der Waals surface area (Å²) in [4.78, 5) is 2.44. The van der Waals surface area contributed by atoms with E-state index in [1.165, 1.54) is 88.3 Å². The van der Waals surface area contributed by atoms with Crippen molar-refractivity contribution in [1.29, 1.82) is 0 Å². The smallest absolute Gasteiger partial charge is 0.0788 e. The van der Waals surface area contributed by atoms with E-state index < -0.39 is 0 Å². The molecule has 12 rings (SSSR count). The zero-order valence-electron chi connectivity index (χ0n) is 34.9. The first kappa shape index (κ1) is 36.1. The van der Waals surface area contributed by atoms with E-state index in [1.54, 1.807) is 0 Å². The van der Waals surface area contributed by atoms with Gasteiger partial charge >= 0.3 is 0 Å². The quantitative estimate of drug-likeness (QED) is 0.164. The van der Waals surface area contributed by atoms with Crippen molar-refractivity contribution in [1.82, 2.24) is 13.7 Å². The molecule has 62 heavy (non-hydrogen) atoms. The molecule has 0 saturated heterocycles. The lowest BCUT2D eigenvalue weighted by atomic mass is 10.1. The first-order valence-electron chi connectivity index (χ1n) is 21.6. The number of nitrogens with zero attached hydrogens (tertiary/aromatic N) is 4. The molecule has 0 amide bonds. The summed E-state index contributed by atoms with van der Waals surface area (Å²) in [7, 11) is 0. The highest BCUT2D eigenvalue weighted by Crippen LogP contribution is 2.44.